The van der Waals surface area contributed by atoms with E-state index >= 15 is 0 Å². The van der Waals surface area contributed by atoms with Gasteiger partial charge in [0.2, 0.25) is 5.13 Å². The quantitative estimate of drug-likeness (QED) is 0.725. The maximum Gasteiger partial charge on any atom is 0.208 e. The molecule has 0 bridgehead atoms. The molecule has 0 radical (unpaired) electrons. The number of aromatic nitrogens is 3. The minimum atomic E-state index is 0.0747. The number of hydrogen-bond acceptors (Lipinski definition) is 8. The first-order valence-electron chi connectivity index (χ1n) is 6.29. The molecule has 0 spiro atoms. The van der Waals surface area contributed by atoms with Crippen LogP contribution in [0.1, 0.15) is 30.7 Å². The van der Waals surface area contributed by atoms with Crippen LogP contribution in [0, 0.1) is 0 Å². The summed E-state index contributed by atoms with van der Waals surface area (Å²) in [4.78, 5) is 6.57. The van der Waals surface area contributed by atoms with Crippen LogP contribution in [0.2, 0.25) is 0 Å². The minimum Gasteiger partial charge on any atom is -0.372 e. The Bertz CT molecular complexity index is 540. The molecule has 0 saturated carbocycles. The van der Waals surface area contributed by atoms with E-state index in [0.717, 1.165) is 25.9 Å². The number of thiazole rings is 1. The molecule has 0 aliphatic rings. The normalized spacial score (nSPS) is 12.6. The zero-order chi connectivity index (χ0) is 14.5. The van der Waals surface area contributed by atoms with Gasteiger partial charge in [-0.15, -0.1) is 21.5 Å². The molecule has 0 N–H and O–H groups in total. The number of nitrogens with zero attached hydrogens (tertiary/aromatic N) is 4. The lowest BCUT2D eigenvalue weighted by Gasteiger charge is -2.06. The van der Waals surface area contributed by atoms with Gasteiger partial charge in [-0.25, -0.2) is 4.98 Å². The Balaban J connectivity index is 1.90. The van der Waals surface area contributed by atoms with Crippen molar-refractivity contribution in [3.05, 3.63) is 16.1 Å². The lowest BCUT2D eigenvalue weighted by molar-refractivity contribution is 0.0761. The average Bonchev–Trinajstić information content (AvgIpc) is 3.06. The standard InChI is InChI=1S/C12H18N4OS3/c1-5-17-8(2)10-13-9(6-18-10)7-19-12-15-14-11(20-12)16(3)4/h6,8H,5,7H2,1-4H3. The Morgan fingerprint density at radius 3 is 2.85 bits per heavy atom. The predicted molar refractivity (Wildman–Crippen MR) is 86.0 cm³/mol. The smallest absolute Gasteiger partial charge is 0.208 e. The lowest BCUT2D eigenvalue weighted by atomic mass is 10.4. The van der Waals surface area contributed by atoms with Gasteiger partial charge < -0.3 is 9.64 Å². The van der Waals surface area contributed by atoms with Crippen molar-refractivity contribution in [2.75, 3.05) is 25.6 Å². The monoisotopic (exact) mass is 330 g/mol. The fourth-order valence-corrected chi connectivity index (χ4v) is 4.06. The van der Waals surface area contributed by atoms with Gasteiger partial charge in [-0.2, -0.15) is 0 Å². The van der Waals surface area contributed by atoms with Crippen molar-refractivity contribution in [3.8, 4) is 0 Å². The third-order valence-electron chi connectivity index (χ3n) is 2.46. The third-order valence-corrected chi connectivity index (χ3v) is 5.77. The van der Waals surface area contributed by atoms with Gasteiger partial charge in [-0.3, -0.25) is 0 Å². The SMILES string of the molecule is CCOC(C)c1nc(CSc2nnc(N(C)C)s2)cs1. The topological polar surface area (TPSA) is 51.1 Å². The van der Waals surface area contributed by atoms with Gasteiger partial charge >= 0.3 is 0 Å². The molecule has 20 heavy (non-hydrogen) atoms. The molecule has 8 heteroatoms. The van der Waals surface area contributed by atoms with Gasteiger partial charge in [-0.1, -0.05) is 23.1 Å². The van der Waals surface area contributed by atoms with Gasteiger partial charge in [0, 0.05) is 31.8 Å². The zero-order valence-corrected chi connectivity index (χ0v) is 14.4. The van der Waals surface area contributed by atoms with E-state index in [1.807, 2.05) is 32.8 Å². The Labute approximate surface area is 131 Å². The van der Waals surface area contributed by atoms with E-state index in [-0.39, 0.29) is 6.10 Å². The van der Waals surface area contributed by atoms with Crippen LogP contribution in [0.4, 0.5) is 5.13 Å². The van der Waals surface area contributed by atoms with E-state index in [2.05, 4.69) is 20.6 Å². The maximum atomic E-state index is 5.55. The average molecular weight is 331 g/mol. The molecule has 1 atom stereocenters. The molecule has 0 saturated heterocycles. The second-order valence-corrected chi connectivity index (χ2v) is 7.38. The van der Waals surface area contributed by atoms with Gasteiger partial charge in [0.15, 0.2) is 4.34 Å². The van der Waals surface area contributed by atoms with Crippen LogP contribution < -0.4 is 4.90 Å². The van der Waals surface area contributed by atoms with Crippen LogP contribution >= 0.6 is 34.4 Å². The van der Waals surface area contributed by atoms with E-state index in [4.69, 9.17) is 4.74 Å². The van der Waals surface area contributed by atoms with E-state index in [0.29, 0.717) is 6.61 Å². The van der Waals surface area contributed by atoms with Gasteiger partial charge in [0.1, 0.15) is 11.1 Å². The predicted octanol–water partition coefficient (Wildman–Crippen LogP) is 3.45. The molecule has 0 aliphatic heterocycles. The van der Waals surface area contributed by atoms with Crippen molar-refractivity contribution in [2.45, 2.75) is 30.0 Å². The fraction of sp³-hybridized carbons (Fsp3) is 0.583. The van der Waals surface area contributed by atoms with E-state index in [9.17, 15) is 0 Å². The highest BCUT2D eigenvalue weighted by atomic mass is 32.2. The molecular formula is C12H18N4OS3. The van der Waals surface area contributed by atoms with Crippen molar-refractivity contribution < 1.29 is 4.74 Å². The largest absolute Gasteiger partial charge is 0.372 e. The van der Waals surface area contributed by atoms with Crippen molar-refractivity contribution >= 4 is 39.6 Å². The molecule has 5 nitrogen and oxygen atoms in total. The Kier molecular flexibility index (Phi) is 5.76. The van der Waals surface area contributed by atoms with E-state index in [1.54, 1.807) is 34.4 Å². The highest BCUT2D eigenvalue weighted by molar-refractivity contribution is 8.00. The summed E-state index contributed by atoms with van der Waals surface area (Å²) < 4.78 is 6.52. The molecule has 110 valence electrons. The second-order valence-electron chi connectivity index (χ2n) is 4.31. The lowest BCUT2D eigenvalue weighted by Crippen LogP contribution is -2.07. The number of ether oxygens (including phenoxy) is 1. The summed E-state index contributed by atoms with van der Waals surface area (Å²) in [5, 5.41) is 12.3. The molecule has 0 amide bonds. The molecular weight excluding hydrogens is 312 g/mol. The summed E-state index contributed by atoms with van der Waals surface area (Å²) in [6.07, 6.45) is 0.0747. The summed E-state index contributed by atoms with van der Waals surface area (Å²) in [6.45, 7) is 4.74. The van der Waals surface area contributed by atoms with Crippen molar-refractivity contribution in [3.63, 3.8) is 0 Å². The van der Waals surface area contributed by atoms with Gasteiger partial charge in [-0.05, 0) is 13.8 Å². The summed E-state index contributed by atoms with van der Waals surface area (Å²) in [6, 6.07) is 0. The van der Waals surface area contributed by atoms with Crippen LogP contribution in [0.15, 0.2) is 9.72 Å². The summed E-state index contributed by atoms with van der Waals surface area (Å²) >= 11 is 4.92. The Hall–Kier alpha value is -0.700. The minimum absolute atomic E-state index is 0.0747. The molecule has 0 aromatic carbocycles. The van der Waals surface area contributed by atoms with Gasteiger partial charge in [0.25, 0.3) is 0 Å². The van der Waals surface area contributed by atoms with E-state index in [1.165, 1.54) is 0 Å². The van der Waals surface area contributed by atoms with E-state index < -0.39 is 0 Å². The first kappa shape index (κ1) is 15.7. The van der Waals surface area contributed by atoms with Crippen LogP contribution in [0.3, 0.4) is 0 Å². The molecule has 2 rings (SSSR count). The second kappa shape index (κ2) is 7.35. The van der Waals surface area contributed by atoms with Gasteiger partial charge in [0.05, 0.1) is 5.69 Å². The van der Waals surface area contributed by atoms with Crippen LogP contribution in [-0.4, -0.2) is 35.9 Å². The van der Waals surface area contributed by atoms with Crippen LogP contribution in [0.25, 0.3) is 0 Å². The highest BCUT2D eigenvalue weighted by Gasteiger charge is 2.12. The van der Waals surface area contributed by atoms with Crippen molar-refractivity contribution in [2.24, 2.45) is 0 Å². The molecule has 0 aliphatic carbocycles. The first-order valence-corrected chi connectivity index (χ1v) is 8.97. The number of hydrogen-bond donors (Lipinski definition) is 0. The third kappa shape index (κ3) is 4.15. The maximum absolute atomic E-state index is 5.55. The Morgan fingerprint density at radius 2 is 2.20 bits per heavy atom. The van der Waals surface area contributed by atoms with Crippen molar-refractivity contribution in [1.29, 1.82) is 0 Å². The Morgan fingerprint density at radius 1 is 1.40 bits per heavy atom. The fourth-order valence-electron chi connectivity index (χ4n) is 1.47. The molecule has 0 fully saturated rings. The summed E-state index contributed by atoms with van der Waals surface area (Å²) in [7, 11) is 3.94. The number of anilines is 1. The van der Waals surface area contributed by atoms with Crippen molar-refractivity contribution in [1.82, 2.24) is 15.2 Å². The molecule has 1 unspecified atom stereocenters. The highest BCUT2D eigenvalue weighted by Crippen LogP contribution is 2.30. The molecule has 2 aromatic heterocycles. The first-order chi connectivity index (χ1) is 9.60. The number of rotatable bonds is 7. The number of thioether (sulfide) groups is 1. The molecule has 2 heterocycles. The summed E-state index contributed by atoms with van der Waals surface area (Å²) in [5.74, 6) is 0.817. The molecule has 2 aromatic rings. The summed E-state index contributed by atoms with van der Waals surface area (Å²) in [5.41, 5.74) is 1.07. The van der Waals surface area contributed by atoms with Crippen LogP contribution in [-0.2, 0) is 10.5 Å². The van der Waals surface area contributed by atoms with Crippen LogP contribution in [0.5, 0.6) is 0 Å². The zero-order valence-electron chi connectivity index (χ0n) is 12.0.